The van der Waals surface area contributed by atoms with Crippen LogP contribution in [0.1, 0.15) is 112 Å². The number of aliphatic imine (C=N–C) groups is 1. The highest BCUT2D eigenvalue weighted by Crippen LogP contribution is 2.13. The highest BCUT2D eigenvalue weighted by atomic mass is 15.1. The molecule has 1 heterocycles. The van der Waals surface area contributed by atoms with Gasteiger partial charge in [-0.1, -0.05) is 96.8 Å². The quantitative estimate of drug-likeness (QED) is 0.335. The van der Waals surface area contributed by atoms with Gasteiger partial charge in [0.2, 0.25) is 0 Å². The zero-order chi connectivity index (χ0) is 17.3. The van der Waals surface area contributed by atoms with E-state index in [-0.39, 0.29) is 0 Å². The Morgan fingerprint density at radius 2 is 1.27 bits per heavy atom. The second-order valence-electron chi connectivity index (χ2n) is 6.74. The summed E-state index contributed by atoms with van der Waals surface area (Å²) in [7, 11) is 0. The van der Waals surface area contributed by atoms with E-state index >= 15 is 0 Å². The maximum Gasteiger partial charge on any atom is 0.0964 e. The van der Waals surface area contributed by atoms with Crippen LogP contribution in [-0.2, 0) is 0 Å². The summed E-state index contributed by atoms with van der Waals surface area (Å²) >= 11 is 0. The van der Waals surface area contributed by atoms with Crippen LogP contribution in [0.2, 0.25) is 0 Å². The Balaban J connectivity index is 1.66. The predicted molar refractivity (Wildman–Crippen MR) is 99.9 cm³/mol. The van der Waals surface area contributed by atoms with Crippen molar-refractivity contribution in [1.29, 1.82) is 0 Å². The van der Waals surface area contributed by atoms with Gasteiger partial charge < -0.3 is 5.32 Å². The maximum atomic E-state index is 7.15. The van der Waals surface area contributed by atoms with Crippen molar-refractivity contribution in [3.63, 3.8) is 0 Å². The van der Waals surface area contributed by atoms with E-state index in [1.807, 2.05) is 0 Å². The molecule has 0 aromatic heterocycles. The lowest BCUT2D eigenvalue weighted by molar-refractivity contribution is 0.533. The van der Waals surface area contributed by atoms with Crippen molar-refractivity contribution in [3.05, 3.63) is 0 Å². The molecule has 0 amide bonds. The summed E-state index contributed by atoms with van der Waals surface area (Å²) in [4.78, 5) is 4.44. The van der Waals surface area contributed by atoms with E-state index in [0.29, 0.717) is 0 Å². The second kappa shape index (κ2) is 15.4. The first-order valence-corrected chi connectivity index (χ1v) is 9.91. The van der Waals surface area contributed by atoms with Crippen LogP contribution in [-0.4, -0.2) is 18.9 Å². The number of rotatable bonds is 16. The monoisotopic (exact) mass is 310 g/mol. The minimum atomic E-state index is -0.608. The number of hydrogen-bond acceptors (Lipinski definition) is 2. The molecule has 22 heavy (non-hydrogen) atoms. The van der Waals surface area contributed by atoms with Gasteiger partial charge in [0.05, 0.1) is 12.4 Å². The zero-order valence-electron chi connectivity index (χ0n) is 16.8. The highest BCUT2D eigenvalue weighted by Gasteiger charge is 2.03. The summed E-state index contributed by atoms with van der Waals surface area (Å²) in [6.45, 7) is 1.42. The molecule has 0 aliphatic carbocycles. The summed E-state index contributed by atoms with van der Waals surface area (Å²) in [5, 5.41) is 3.35. The molecule has 0 fully saturated rings. The molecule has 0 saturated carbocycles. The fraction of sp³-hybridized carbons (Fsp3) is 0.950. The Hall–Kier alpha value is -0.530. The third-order valence-electron chi connectivity index (χ3n) is 4.61. The van der Waals surface area contributed by atoms with Crippen molar-refractivity contribution in [1.82, 2.24) is 5.32 Å². The molecule has 1 rings (SSSR count). The smallest absolute Gasteiger partial charge is 0.0964 e. The summed E-state index contributed by atoms with van der Waals surface area (Å²) < 4.78 is 14.3. The van der Waals surface area contributed by atoms with Gasteiger partial charge in [-0.15, -0.1) is 0 Å². The topological polar surface area (TPSA) is 24.4 Å². The minimum absolute atomic E-state index is 0.608. The van der Waals surface area contributed by atoms with Crippen molar-refractivity contribution in [2.75, 3.05) is 13.1 Å². The predicted octanol–water partition coefficient (Wildman–Crippen LogP) is 6.25. The van der Waals surface area contributed by atoms with Gasteiger partial charge in [-0.05, 0) is 6.42 Å². The van der Waals surface area contributed by atoms with Crippen molar-refractivity contribution in [3.8, 4) is 0 Å². The fourth-order valence-electron chi connectivity index (χ4n) is 3.17. The maximum absolute atomic E-state index is 7.15. The van der Waals surface area contributed by atoms with Crippen LogP contribution >= 0.6 is 0 Å². The summed E-state index contributed by atoms with van der Waals surface area (Å²) in [6.07, 6.45) is 20.8. The Morgan fingerprint density at radius 1 is 0.773 bits per heavy atom. The molecule has 2 heteroatoms. The lowest BCUT2D eigenvalue weighted by Gasteiger charge is -2.04. The van der Waals surface area contributed by atoms with Gasteiger partial charge in [-0.25, -0.2) is 0 Å². The van der Waals surface area contributed by atoms with Crippen molar-refractivity contribution in [2.45, 2.75) is 110 Å². The molecular formula is C20H40N2. The Bertz CT molecular complexity index is 306. The number of nitrogens with zero attached hydrogens (tertiary/aromatic N) is 1. The number of hydrogen-bond donors (Lipinski definition) is 1. The fourth-order valence-corrected chi connectivity index (χ4v) is 3.17. The molecule has 1 N–H and O–H groups in total. The van der Waals surface area contributed by atoms with Gasteiger partial charge in [0.25, 0.3) is 0 Å². The van der Waals surface area contributed by atoms with Gasteiger partial charge in [0, 0.05) is 15.7 Å². The van der Waals surface area contributed by atoms with Crippen LogP contribution in [0.5, 0.6) is 0 Å². The molecule has 0 aromatic rings. The summed E-state index contributed by atoms with van der Waals surface area (Å²) in [6, 6.07) is 0. The molecule has 2 nitrogen and oxygen atoms in total. The average Bonchev–Trinajstić information content (AvgIpc) is 3.07. The van der Waals surface area contributed by atoms with Crippen LogP contribution in [0.3, 0.4) is 0 Å². The average molecular weight is 311 g/mol. The van der Waals surface area contributed by atoms with E-state index in [1.165, 1.54) is 89.3 Å². The van der Waals surface area contributed by atoms with Gasteiger partial charge in [0.1, 0.15) is 0 Å². The van der Waals surface area contributed by atoms with Crippen LogP contribution in [0.25, 0.3) is 0 Å². The third-order valence-corrected chi connectivity index (χ3v) is 4.61. The molecule has 0 unspecified atom stereocenters. The zero-order valence-corrected chi connectivity index (χ0v) is 14.8. The van der Waals surface area contributed by atoms with Crippen molar-refractivity contribution < 1.29 is 2.74 Å². The van der Waals surface area contributed by atoms with Gasteiger partial charge in [-0.3, -0.25) is 4.99 Å². The summed E-state index contributed by atoms with van der Waals surface area (Å²) in [5.74, 6) is 1.24. The summed E-state index contributed by atoms with van der Waals surface area (Å²) in [5.41, 5.74) is 0. The molecule has 130 valence electrons. The molecule has 1 aliphatic heterocycles. The third kappa shape index (κ3) is 12.1. The molecule has 0 atom stereocenters. The molecule has 1 aliphatic rings. The van der Waals surface area contributed by atoms with E-state index in [1.54, 1.807) is 0 Å². The van der Waals surface area contributed by atoms with E-state index < -0.39 is 6.88 Å². The molecule has 0 spiro atoms. The largest absolute Gasteiger partial charge is 0.372 e. The van der Waals surface area contributed by atoms with Crippen molar-refractivity contribution in [2.24, 2.45) is 4.99 Å². The molecule has 0 saturated heterocycles. The molecule has 0 radical (unpaired) electrons. The van der Waals surface area contributed by atoms with E-state index in [4.69, 9.17) is 2.74 Å². The number of unbranched alkanes of at least 4 members (excludes halogenated alkanes) is 13. The second-order valence-corrected chi connectivity index (χ2v) is 6.74. The SMILES string of the molecule is [2H]C([2H])CCCCCCCCCCCCCCCCC1=NCCN1. The van der Waals surface area contributed by atoms with E-state index in [0.717, 1.165) is 32.4 Å². The number of amidine groups is 1. The van der Waals surface area contributed by atoms with E-state index in [2.05, 4.69) is 10.3 Å². The van der Waals surface area contributed by atoms with Gasteiger partial charge in [-0.2, -0.15) is 0 Å². The Labute approximate surface area is 142 Å². The van der Waals surface area contributed by atoms with Crippen LogP contribution in [0.15, 0.2) is 4.99 Å². The number of nitrogens with one attached hydrogen (secondary N) is 1. The highest BCUT2D eigenvalue weighted by molar-refractivity contribution is 5.83. The Kier molecular flexibility index (Phi) is 11.4. The standard InChI is InChI=1S/C20H40N2/c1-2-3-4-5-6-7-8-9-10-11-12-13-14-15-16-17-20-21-18-19-22-20/h2-19H2,1H3,(H,21,22)/i1D2. The van der Waals surface area contributed by atoms with E-state index in [9.17, 15) is 0 Å². The van der Waals surface area contributed by atoms with Crippen LogP contribution in [0.4, 0.5) is 0 Å². The molecular weight excluding hydrogens is 268 g/mol. The van der Waals surface area contributed by atoms with Crippen LogP contribution < -0.4 is 5.32 Å². The van der Waals surface area contributed by atoms with Gasteiger partial charge in [0.15, 0.2) is 0 Å². The lowest BCUT2D eigenvalue weighted by Crippen LogP contribution is -2.17. The normalized spacial score (nSPS) is 15.6. The van der Waals surface area contributed by atoms with Crippen molar-refractivity contribution >= 4 is 5.84 Å². The van der Waals surface area contributed by atoms with Gasteiger partial charge >= 0.3 is 0 Å². The Morgan fingerprint density at radius 3 is 1.73 bits per heavy atom. The lowest BCUT2D eigenvalue weighted by atomic mass is 10.0. The van der Waals surface area contributed by atoms with Crippen LogP contribution in [0, 0.1) is 0 Å². The first kappa shape index (κ1) is 16.3. The first-order chi connectivity index (χ1) is 11.8. The minimum Gasteiger partial charge on any atom is -0.372 e. The first-order valence-electron chi connectivity index (χ1n) is 11.1. The molecule has 0 bridgehead atoms. The molecule has 0 aromatic carbocycles.